The zero-order chi connectivity index (χ0) is 11.7. The highest BCUT2D eigenvalue weighted by Gasteiger charge is 2.15. The summed E-state index contributed by atoms with van der Waals surface area (Å²) < 4.78 is 17.7. The maximum atomic E-state index is 13.1. The summed E-state index contributed by atoms with van der Waals surface area (Å²) in [6.45, 7) is 0. The Balaban J connectivity index is 2.82. The van der Waals surface area contributed by atoms with Crippen LogP contribution in [0.3, 0.4) is 0 Å². The van der Waals surface area contributed by atoms with Crippen molar-refractivity contribution in [3.05, 3.63) is 35.8 Å². The summed E-state index contributed by atoms with van der Waals surface area (Å²) in [6, 6.07) is 3.97. The Morgan fingerprint density at radius 1 is 1.50 bits per heavy atom. The molecule has 5 heteroatoms. The summed E-state index contributed by atoms with van der Waals surface area (Å²) in [7, 11) is 1.24. The van der Waals surface area contributed by atoms with E-state index in [4.69, 9.17) is 5.73 Å². The molecule has 0 radical (unpaired) electrons. The van der Waals surface area contributed by atoms with E-state index in [9.17, 15) is 9.18 Å². The number of carbonyl (C=O) groups excluding carboxylic acids is 1. The van der Waals surface area contributed by atoms with Crippen molar-refractivity contribution in [3.8, 4) is 0 Å². The topological polar surface area (TPSA) is 65.2 Å². The highest BCUT2D eigenvalue weighted by molar-refractivity contribution is 6.07. The molecule has 4 nitrogen and oxygen atoms in total. The standard InChI is InChI=1S/C11H9FN2O2/c1-16-11(15)10-7-4-6(12)2-3-9(7)14-5-8(10)13/h2-5H,13H2,1H3. The molecule has 0 aliphatic rings. The lowest BCUT2D eigenvalue weighted by molar-refractivity contribution is 0.0604. The summed E-state index contributed by atoms with van der Waals surface area (Å²) in [6.07, 6.45) is 1.35. The number of nitrogens with zero attached hydrogens (tertiary/aromatic N) is 1. The number of hydrogen-bond donors (Lipinski definition) is 1. The number of rotatable bonds is 1. The van der Waals surface area contributed by atoms with Gasteiger partial charge in [-0.3, -0.25) is 4.98 Å². The second-order valence-electron chi connectivity index (χ2n) is 3.24. The number of pyridine rings is 1. The minimum atomic E-state index is -0.601. The van der Waals surface area contributed by atoms with Crippen LogP contribution in [-0.2, 0) is 4.74 Å². The summed E-state index contributed by atoms with van der Waals surface area (Å²) in [5.74, 6) is -1.06. The predicted molar refractivity (Wildman–Crippen MR) is 57.5 cm³/mol. The molecule has 0 fully saturated rings. The van der Waals surface area contributed by atoms with E-state index in [0.29, 0.717) is 10.9 Å². The molecule has 0 unspecified atom stereocenters. The van der Waals surface area contributed by atoms with Crippen molar-refractivity contribution in [1.29, 1.82) is 0 Å². The molecule has 16 heavy (non-hydrogen) atoms. The summed E-state index contributed by atoms with van der Waals surface area (Å²) in [5.41, 5.74) is 6.44. The van der Waals surface area contributed by atoms with E-state index >= 15 is 0 Å². The summed E-state index contributed by atoms with van der Waals surface area (Å²) >= 11 is 0. The van der Waals surface area contributed by atoms with Crippen molar-refractivity contribution < 1.29 is 13.9 Å². The molecule has 0 saturated carbocycles. The van der Waals surface area contributed by atoms with E-state index in [-0.39, 0.29) is 11.3 Å². The number of nitrogen functional groups attached to an aromatic ring is 1. The van der Waals surface area contributed by atoms with E-state index in [1.807, 2.05) is 0 Å². The van der Waals surface area contributed by atoms with Gasteiger partial charge in [-0.25, -0.2) is 9.18 Å². The van der Waals surface area contributed by atoms with Crippen LogP contribution < -0.4 is 5.73 Å². The van der Waals surface area contributed by atoms with E-state index in [0.717, 1.165) is 0 Å². The predicted octanol–water partition coefficient (Wildman–Crippen LogP) is 1.74. The smallest absolute Gasteiger partial charge is 0.340 e. The fourth-order valence-corrected chi connectivity index (χ4v) is 1.51. The Labute approximate surface area is 90.8 Å². The van der Waals surface area contributed by atoms with E-state index in [1.54, 1.807) is 0 Å². The van der Waals surface area contributed by atoms with Crippen molar-refractivity contribution in [2.24, 2.45) is 0 Å². The summed E-state index contributed by atoms with van der Waals surface area (Å²) in [4.78, 5) is 15.5. The number of carbonyl (C=O) groups is 1. The number of fused-ring (bicyclic) bond motifs is 1. The van der Waals surface area contributed by atoms with Gasteiger partial charge >= 0.3 is 5.97 Å². The molecule has 0 amide bonds. The van der Waals surface area contributed by atoms with Gasteiger partial charge < -0.3 is 10.5 Å². The molecule has 1 heterocycles. The fraction of sp³-hybridized carbons (Fsp3) is 0.0909. The van der Waals surface area contributed by atoms with Crippen molar-refractivity contribution in [3.63, 3.8) is 0 Å². The monoisotopic (exact) mass is 220 g/mol. The Hall–Kier alpha value is -2.17. The van der Waals surface area contributed by atoms with Crippen LogP contribution in [0.2, 0.25) is 0 Å². The third-order valence-corrected chi connectivity index (χ3v) is 2.25. The third-order valence-electron chi connectivity index (χ3n) is 2.25. The lowest BCUT2D eigenvalue weighted by atomic mass is 10.1. The van der Waals surface area contributed by atoms with Crippen LogP contribution in [0.25, 0.3) is 10.9 Å². The van der Waals surface area contributed by atoms with Gasteiger partial charge in [-0.2, -0.15) is 0 Å². The SMILES string of the molecule is COC(=O)c1c(N)cnc2ccc(F)cc12. The van der Waals surface area contributed by atoms with Crippen LogP contribution in [0.15, 0.2) is 24.4 Å². The minimum Gasteiger partial charge on any atom is -0.465 e. The molecular weight excluding hydrogens is 211 g/mol. The number of benzene rings is 1. The van der Waals surface area contributed by atoms with Gasteiger partial charge in [-0.1, -0.05) is 0 Å². The largest absolute Gasteiger partial charge is 0.465 e. The Morgan fingerprint density at radius 2 is 2.25 bits per heavy atom. The maximum absolute atomic E-state index is 13.1. The first-order valence-electron chi connectivity index (χ1n) is 4.55. The van der Waals surface area contributed by atoms with Gasteiger partial charge in [0.2, 0.25) is 0 Å². The average Bonchev–Trinajstić information content (AvgIpc) is 2.28. The Kier molecular flexibility index (Phi) is 2.44. The van der Waals surface area contributed by atoms with Gasteiger partial charge in [-0.05, 0) is 18.2 Å². The van der Waals surface area contributed by atoms with E-state index < -0.39 is 11.8 Å². The molecule has 0 aliphatic heterocycles. The minimum absolute atomic E-state index is 0.145. The third kappa shape index (κ3) is 1.56. The van der Waals surface area contributed by atoms with Crippen LogP contribution >= 0.6 is 0 Å². The van der Waals surface area contributed by atoms with Crippen molar-refractivity contribution in [1.82, 2.24) is 4.98 Å². The van der Waals surface area contributed by atoms with Crippen LogP contribution in [0, 0.1) is 5.82 Å². The van der Waals surface area contributed by atoms with E-state index in [2.05, 4.69) is 9.72 Å². The zero-order valence-electron chi connectivity index (χ0n) is 8.53. The van der Waals surface area contributed by atoms with Crippen LogP contribution in [0.5, 0.6) is 0 Å². The van der Waals surface area contributed by atoms with Crippen molar-refractivity contribution >= 4 is 22.6 Å². The molecule has 2 rings (SSSR count). The van der Waals surface area contributed by atoms with Crippen LogP contribution in [-0.4, -0.2) is 18.1 Å². The number of anilines is 1. The molecule has 82 valence electrons. The number of ether oxygens (including phenoxy) is 1. The molecule has 1 aromatic heterocycles. The fourth-order valence-electron chi connectivity index (χ4n) is 1.51. The van der Waals surface area contributed by atoms with Gasteiger partial charge in [-0.15, -0.1) is 0 Å². The molecule has 2 N–H and O–H groups in total. The Morgan fingerprint density at radius 3 is 2.94 bits per heavy atom. The first kappa shape index (κ1) is 10.4. The average molecular weight is 220 g/mol. The lowest BCUT2D eigenvalue weighted by Gasteiger charge is -2.07. The second-order valence-corrected chi connectivity index (χ2v) is 3.24. The van der Waals surface area contributed by atoms with E-state index in [1.165, 1.54) is 31.5 Å². The number of aromatic nitrogens is 1. The lowest BCUT2D eigenvalue weighted by Crippen LogP contribution is -2.07. The quantitative estimate of drug-likeness (QED) is 0.743. The number of methoxy groups -OCH3 is 1. The van der Waals surface area contributed by atoms with Gasteiger partial charge in [0.1, 0.15) is 5.82 Å². The first-order valence-corrected chi connectivity index (χ1v) is 4.55. The van der Waals surface area contributed by atoms with Crippen LogP contribution in [0.4, 0.5) is 10.1 Å². The molecule has 0 bridgehead atoms. The molecule has 0 atom stereocenters. The normalized spacial score (nSPS) is 10.4. The first-order chi connectivity index (χ1) is 7.63. The number of esters is 1. The molecule has 0 aliphatic carbocycles. The number of hydrogen-bond acceptors (Lipinski definition) is 4. The molecular formula is C11H9FN2O2. The highest BCUT2D eigenvalue weighted by Crippen LogP contribution is 2.23. The van der Waals surface area contributed by atoms with Crippen molar-refractivity contribution in [2.75, 3.05) is 12.8 Å². The van der Waals surface area contributed by atoms with Crippen molar-refractivity contribution in [2.45, 2.75) is 0 Å². The molecule has 1 aromatic carbocycles. The second kappa shape index (κ2) is 3.77. The Bertz CT molecular complexity index is 564. The summed E-state index contributed by atoms with van der Waals surface area (Å²) in [5, 5.41) is 0.354. The molecule has 0 saturated heterocycles. The highest BCUT2D eigenvalue weighted by atomic mass is 19.1. The zero-order valence-corrected chi connectivity index (χ0v) is 8.53. The van der Waals surface area contributed by atoms with Gasteiger partial charge in [0.15, 0.2) is 0 Å². The number of halogens is 1. The molecule has 2 aromatic rings. The van der Waals surface area contributed by atoms with Gasteiger partial charge in [0.05, 0.1) is 30.1 Å². The maximum Gasteiger partial charge on any atom is 0.340 e. The molecule has 0 spiro atoms. The number of nitrogens with two attached hydrogens (primary N) is 1. The van der Waals surface area contributed by atoms with Crippen LogP contribution in [0.1, 0.15) is 10.4 Å². The van der Waals surface area contributed by atoms with Gasteiger partial charge in [0, 0.05) is 5.39 Å². The van der Waals surface area contributed by atoms with Gasteiger partial charge in [0.25, 0.3) is 0 Å².